The van der Waals surface area contributed by atoms with E-state index in [1.165, 1.54) is 5.56 Å². The summed E-state index contributed by atoms with van der Waals surface area (Å²) in [7, 11) is 0. The molecule has 2 aromatic carbocycles. The van der Waals surface area contributed by atoms with Gasteiger partial charge < -0.3 is 19.3 Å². The van der Waals surface area contributed by atoms with Crippen LogP contribution in [0.2, 0.25) is 0 Å². The lowest BCUT2D eigenvalue weighted by atomic mass is 10.1. The standard InChI is InChI=1S/C18H18O4/c19-18(17-10-13-6-2-4-8-16(13)22-17)20-11-14-9-12-5-1-3-7-15(12)21-14/h1-8,14,17-19H,9-11H2/t14-,17-,18-/m0/s1. The van der Waals surface area contributed by atoms with Crippen LogP contribution in [0.3, 0.4) is 0 Å². The van der Waals surface area contributed by atoms with Gasteiger partial charge in [0.05, 0.1) is 6.61 Å². The molecule has 0 unspecified atom stereocenters. The minimum absolute atomic E-state index is 0.0455. The molecule has 1 N–H and O–H groups in total. The van der Waals surface area contributed by atoms with Gasteiger partial charge in [-0.3, -0.25) is 0 Å². The molecule has 4 nitrogen and oxygen atoms in total. The van der Waals surface area contributed by atoms with Crippen LogP contribution in [-0.2, 0) is 17.6 Å². The third kappa shape index (κ3) is 2.56. The van der Waals surface area contributed by atoms with E-state index in [4.69, 9.17) is 14.2 Å². The van der Waals surface area contributed by atoms with Crippen molar-refractivity contribution in [1.82, 2.24) is 0 Å². The van der Waals surface area contributed by atoms with Gasteiger partial charge in [-0.2, -0.15) is 0 Å². The molecule has 0 amide bonds. The second kappa shape index (κ2) is 5.63. The zero-order valence-corrected chi connectivity index (χ0v) is 12.1. The lowest BCUT2D eigenvalue weighted by Gasteiger charge is -2.20. The topological polar surface area (TPSA) is 47.9 Å². The Morgan fingerprint density at radius 1 is 0.955 bits per heavy atom. The molecule has 3 atom stereocenters. The van der Waals surface area contributed by atoms with Gasteiger partial charge in [0.25, 0.3) is 0 Å². The van der Waals surface area contributed by atoms with Crippen molar-refractivity contribution in [3.05, 3.63) is 59.7 Å². The van der Waals surface area contributed by atoms with E-state index >= 15 is 0 Å². The molecule has 0 aromatic heterocycles. The zero-order valence-electron chi connectivity index (χ0n) is 12.1. The fraction of sp³-hybridized carbons (Fsp3) is 0.333. The van der Waals surface area contributed by atoms with E-state index in [1.54, 1.807) is 0 Å². The molecule has 22 heavy (non-hydrogen) atoms. The minimum Gasteiger partial charge on any atom is -0.487 e. The first-order valence-corrected chi connectivity index (χ1v) is 7.58. The van der Waals surface area contributed by atoms with Crippen LogP contribution in [0.4, 0.5) is 0 Å². The van der Waals surface area contributed by atoms with Crippen LogP contribution in [0.25, 0.3) is 0 Å². The van der Waals surface area contributed by atoms with E-state index in [0.717, 1.165) is 23.5 Å². The number of benzene rings is 2. The molecule has 4 heteroatoms. The van der Waals surface area contributed by atoms with Gasteiger partial charge in [0.2, 0.25) is 0 Å². The highest BCUT2D eigenvalue weighted by molar-refractivity contribution is 5.38. The Morgan fingerprint density at radius 2 is 1.59 bits per heavy atom. The molecule has 114 valence electrons. The molecular weight excluding hydrogens is 280 g/mol. The van der Waals surface area contributed by atoms with Gasteiger partial charge in [-0.15, -0.1) is 0 Å². The maximum atomic E-state index is 10.2. The summed E-state index contributed by atoms with van der Waals surface area (Å²) in [5.74, 6) is 1.75. The zero-order chi connectivity index (χ0) is 14.9. The predicted molar refractivity (Wildman–Crippen MR) is 81.1 cm³/mol. The van der Waals surface area contributed by atoms with E-state index in [-0.39, 0.29) is 12.2 Å². The Balaban J connectivity index is 1.31. The Bertz CT molecular complexity index is 620. The summed E-state index contributed by atoms with van der Waals surface area (Å²) in [6, 6.07) is 15.8. The summed E-state index contributed by atoms with van der Waals surface area (Å²) < 4.78 is 17.1. The van der Waals surface area contributed by atoms with Crippen LogP contribution in [0.15, 0.2) is 48.5 Å². The third-order valence-electron chi connectivity index (χ3n) is 4.16. The Hall–Kier alpha value is -2.04. The van der Waals surface area contributed by atoms with Gasteiger partial charge in [0.1, 0.15) is 17.6 Å². The van der Waals surface area contributed by atoms with Gasteiger partial charge in [0, 0.05) is 12.8 Å². The largest absolute Gasteiger partial charge is 0.487 e. The van der Waals surface area contributed by atoms with Crippen LogP contribution in [-0.4, -0.2) is 30.2 Å². The average molecular weight is 298 g/mol. The maximum Gasteiger partial charge on any atom is 0.192 e. The highest BCUT2D eigenvalue weighted by Gasteiger charge is 2.31. The van der Waals surface area contributed by atoms with Crippen molar-refractivity contribution < 1.29 is 19.3 Å². The Kier molecular flexibility index (Phi) is 3.48. The van der Waals surface area contributed by atoms with Crippen molar-refractivity contribution in [2.45, 2.75) is 31.3 Å². The first-order chi connectivity index (χ1) is 10.8. The second-order valence-corrected chi connectivity index (χ2v) is 5.74. The van der Waals surface area contributed by atoms with Gasteiger partial charge in [0.15, 0.2) is 12.4 Å². The summed E-state index contributed by atoms with van der Waals surface area (Å²) >= 11 is 0. The van der Waals surface area contributed by atoms with Crippen LogP contribution < -0.4 is 9.47 Å². The van der Waals surface area contributed by atoms with E-state index in [0.29, 0.717) is 13.0 Å². The third-order valence-corrected chi connectivity index (χ3v) is 4.16. The number of rotatable bonds is 4. The molecule has 0 fully saturated rings. The minimum atomic E-state index is -0.945. The monoisotopic (exact) mass is 298 g/mol. The highest BCUT2D eigenvalue weighted by atomic mass is 16.6. The first kappa shape index (κ1) is 13.6. The summed E-state index contributed by atoms with van der Waals surface area (Å²) in [4.78, 5) is 0. The highest BCUT2D eigenvalue weighted by Crippen LogP contribution is 2.31. The summed E-state index contributed by atoms with van der Waals surface area (Å²) in [6.45, 7) is 0.353. The molecule has 0 radical (unpaired) electrons. The fourth-order valence-corrected chi connectivity index (χ4v) is 3.03. The number of hydrogen-bond acceptors (Lipinski definition) is 4. The summed E-state index contributed by atoms with van der Waals surface area (Å²) in [5, 5.41) is 10.2. The molecule has 0 spiro atoms. The van der Waals surface area contributed by atoms with Gasteiger partial charge in [-0.1, -0.05) is 36.4 Å². The van der Waals surface area contributed by atoms with Crippen LogP contribution in [0, 0.1) is 0 Å². The van der Waals surface area contributed by atoms with Crippen molar-refractivity contribution in [3.63, 3.8) is 0 Å². The number of hydrogen-bond donors (Lipinski definition) is 1. The van der Waals surface area contributed by atoms with E-state index in [2.05, 4.69) is 6.07 Å². The Labute approximate surface area is 129 Å². The number of aliphatic hydroxyl groups excluding tert-OH is 1. The number of para-hydroxylation sites is 2. The first-order valence-electron chi connectivity index (χ1n) is 7.58. The van der Waals surface area contributed by atoms with E-state index < -0.39 is 6.29 Å². The molecule has 0 bridgehead atoms. The van der Waals surface area contributed by atoms with Crippen LogP contribution in [0.1, 0.15) is 11.1 Å². The SMILES string of the molecule is O[C@@H](OC[C@@H]1Cc2ccccc2O1)[C@@H]1Cc2ccccc2O1. The lowest BCUT2D eigenvalue weighted by Crippen LogP contribution is -2.35. The quantitative estimate of drug-likeness (QED) is 0.880. The molecule has 0 saturated heterocycles. The number of aliphatic hydroxyl groups is 1. The summed E-state index contributed by atoms with van der Waals surface area (Å²) in [6.07, 6.45) is 0.147. The van der Waals surface area contributed by atoms with Crippen molar-refractivity contribution in [1.29, 1.82) is 0 Å². The lowest BCUT2D eigenvalue weighted by molar-refractivity contribution is -0.159. The molecule has 2 heterocycles. The normalized spacial score (nSPS) is 23.3. The number of ether oxygens (including phenoxy) is 3. The Morgan fingerprint density at radius 3 is 2.27 bits per heavy atom. The van der Waals surface area contributed by atoms with Gasteiger partial charge >= 0.3 is 0 Å². The van der Waals surface area contributed by atoms with Crippen molar-refractivity contribution in [2.24, 2.45) is 0 Å². The second-order valence-electron chi connectivity index (χ2n) is 5.74. The molecule has 2 aromatic rings. The molecule has 2 aliphatic heterocycles. The van der Waals surface area contributed by atoms with Crippen molar-refractivity contribution >= 4 is 0 Å². The average Bonchev–Trinajstić information content (AvgIpc) is 3.15. The predicted octanol–water partition coefficient (Wildman–Crippen LogP) is 2.33. The van der Waals surface area contributed by atoms with Crippen molar-refractivity contribution in [2.75, 3.05) is 6.61 Å². The van der Waals surface area contributed by atoms with E-state index in [1.807, 2.05) is 42.5 Å². The maximum absolute atomic E-state index is 10.2. The summed E-state index contributed by atoms with van der Waals surface area (Å²) in [5.41, 5.74) is 2.30. The van der Waals surface area contributed by atoms with Gasteiger partial charge in [-0.25, -0.2) is 0 Å². The molecule has 0 aliphatic carbocycles. The number of fused-ring (bicyclic) bond motifs is 2. The molecule has 4 rings (SSSR count). The fourth-order valence-electron chi connectivity index (χ4n) is 3.03. The van der Waals surface area contributed by atoms with Gasteiger partial charge in [-0.05, 0) is 23.3 Å². The smallest absolute Gasteiger partial charge is 0.192 e. The molecular formula is C18H18O4. The molecule has 0 saturated carbocycles. The van der Waals surface area contributed by atoms with E-state index in [9.17, 15) is 5.11 Å². The van der Waals surface area contributed by atoms with Crippen LogP contribution >= 0.6 is 0 Å². The van der Waals surface area contributed by atoms with Crippen molar-refractivity contribution in [3.8, 4) is 11.5 Å². The van der Waals surface area contributed by atoms with Crippen LogP contribution in [0.5, 0.6) is 11.5 Å². The molecule has 2 aliphatic rings.